The fraction of sp³-hybridized carbons (Fsp3) is 0.600. The highest BCUT2D eigenvalue weighted by molar-refractivity contribution is 5.36. The lowest BCUT2D eigenvalue weighted by Gasteiger charge is -2.30. The first-order valence-electron chi connectivity index (χ1n) is 6.94. The molecule has 1 aromatic rings. The number of nitrogens with two attached hydrogens (primary N) is 1. The quantitative estimate of drug-likeness (QED) is 0.771. The van der Waals surface area contributed by atoms with Crippen LogP contribution in [-0.2, 0) is 0 Å². The summed E-state index contributed by atoms with van der Waals surface area (Å²) in [6.45, 7) is 9.83. The van der Waals surface area contributed by atoms with E-state index in [1.807, 2.05) is 12.1 Å². The molecule has 0 amide bonds. The van der Waals surface area contributed by atoms with Crippen molar-refractivity contribution in [2.75, 3.05) is 26.2 Å². The number of hydrogen-bond donors (Lipinski definition) is 1. The molecule has 1 aromatic carbocycles. The second-order valence-electron chi connectivity index (χ2n) is 4.36. The molecule has 0 saturated heterocycles. The Morgan fingerprint density at radius 1 is 1.17 bits per heavy atom. The van der Waals surface area contributed by atoms with Crippen molar-refractivity contribution in [2.24, 2.45) is 5.73 Å². The van der Waals surface area contributed by atoms with Crippen LogP contribution in [0.2, 0.25) is 0 Å². The first kappa shape index (κ1) is 15.0. The summed E-state index contributed by atoms with van der Waals surface area (Å²) in [7, 11) is 0. The number of likely N-dealkylation sites (N-methyl/N-ethyl adjacent to an activating group) is 1. The van der Waals surface area contributed by atoms with Crippen LogP contribution in [0.4, 0.5) is 0 Å². The highest BCUT2D eigenvalue weighted by Gasteiger charge is 2.19. The summed E-state index contributed by atoms with van der Waals surface area (Å²) in [6, 6.07) is 8.48. The molecule has 1 unspecified atom stereocenters. The molecular weight excluding hydrogens is 224 g/mol. The lowest BCUT2D eigenvalue weighted by atomic mass is 10.0. The van der Waals surface area contributed by atoms with Gasteiger partial charge in [0.25, 0.3) is 0 Å². The molecular formula is C15H26N2O. The second kappa shape index (κ2) is 8.11. The van der Waals surface area contributed by atoms with Gasteiger partial charge < -0.3 is 10.5 Å². The predicted molar refractivity (Wildman–Crippen MR) is 76.9 cm³/mol. The molecule has 0 fully saturated rings. The van der Waals surface area contributed by atoms with E-state index in [0.29, 0.717) is 6.54 Å². The van der Waals surface area contributed by atoms with Crippen molar-refractivity contribution in [3.63, 3.8) is 0 Å². The maximum atomic E-state index is 5.96. The van der Waals surface area contributed by atoms with Gasteiger partial charge in [0.1, 0.15) is 5.75 Å². The molecule has 3 nitrogen and oxygen atoms in total. The standard InChI is InChI=1S/C15H26N2O/c1-4-11-18-15-10-8-7-9-13(15)14(12-16)17(5-2)6-3/h7-10,14H,4-6,11-12,16H2,1-3H3. The highest BCUT2D eigenvalue weighted by atomic mass is 16.5. The molecule has 18 heavy (non-hydrogen) atoms. The van der Waals surface area contributed by atoms with Crippen LogP contribution in [0.5, 0.6) is 5.75 Å². The molecule has 0 radical (unpaired) electrons. The van der Waals surface area contributed by atoms with E-state index in [-0.39, 0.29) is 6.04 Å². The van der Waals surface area contributed by atoms with Crippen molar-refractivity contribution in [2.45, 2.75) is 33.2 Å². The monoisotopic (exact) mass is 250 g/mol. The molecule has 3 heteroatoms. The Balaban J connectivity index is 2.96. The summed E-state index contributed by atoms with van der Waals surface area (Å²) in [5.74, 6) is 0.974. The molecule has 1 rings (SSSR count). The highest BCUT2D eigenvalue weighted by Crippen LogP contribution is 2.28. The van der Waals surface area contributed by atoms with Crippen LogP contribution in [0.1, 0.15) is 38.8 Å². The number of ether oxygens (including phenoxy) is 1. The van der Waals surface area contributed by atoms with Gasteiger partial charge >= 0.3 is 0 Å². The van der Waals surface area contributed by atoms with Gasteiger partial charge in [-0.05, 0) is 25.6 Å². The molecule has 102 valence electrons. The van der Waals surface area contributed by atoms with Crippen molar-refractivity contribution in [3.8, 4) is 5.75 Å². The van der Waals surface area contributed by atoms with Crippen molar-refractivity contribution in [3.05, 3.63) is 29.8 Å². The molecule has 0 heterocycles. The van der Waals surface area contributed by atoms with Crippen LogP contribution in [-0.4, -0.2) is 31.1 Å². The lowest BCUT2D eigenvalue weighted by Crippen LogP contribution is -2.33. The minimum Gasteiger partial charge on any atom is -0.493 e. The summed E-state index contributed by atoms with van der Waals surface area (Å²) < 4.78 is 5.83. The van der Waals surface area contributed by atoms with Crippen LogP contribution < -0.4 is 10.5 Å². The lowest BCUT2D eigenvalue weighted by molar-refractivity contribution is 0.215. The Labute approximate surface area is 111 Å². The predicted octanol–water partition coefficient (Wildman–Crippen LogP) is 2.82. The van der Waals surface area contributed by atoms with Crippen molar-refractivity contribution < 1.29 is 4.74 Å². The number of nitrogens with zero attached hydrogens (tertiary/aromatic N) is 1. The second-order valence-corrected chi connectivity index (χ2v) is 4.36. The Bertz CT molecular complexity index is 337. The van der Waals surface area contributed by atoms with Crippen LogP contribution in [0, 0.1) is 0 Å². The zero-order valence-electron chi connectivity index (χ0n) is 11.9. The third-order valence-electron chi connectivity index (χ3n) is 3.22. The van der Waals surface area contributed by atoms with E-state index < -0.39 is 0 Å². The summed E-state index contributed by atoms with van der Waals surface area (Å²) in [5, 5.41) is 0. The molecule has 0 bridgehead atoms. The number of para-hydroxylation sites is 1. The smallest absolute Gasteiger partial charge is 0.124 e. The zero-order valence-corrected chi connectivity index (χ0v) is 11.9. The minimum absolute atomic E-state index is 0.244. The average Bonchev–Trinajstić information content (AvgIpc) is 2.43. The first-order valence-corrected chi connectivity index (χ1v) is 6.94. The summed E-state index contributed by atoms with van der Waals surface area (Å²) in [6.07, 6.45) is 1.02. The fourth-order valence-electron chi connectivity index (χ4n) is 2.24. The van der Waals surface area contributed by atoms with E-state index in [9.17, 15) is 0 Å². The Kier molecular flexibility index (Phi) is 6.76. The van der Waals surface area contributed by atoms with Crippen LogP contribution in [0.15, 0.2) is 24.3 Å². The van der Waals surface area contributed by atoms with Gasteiger partial charge in [-0.1, -0.05) is 39.0 Å². The molecule has 1 atom stereocenters. The first-order chi connectivity index (χ1) is 8.78. The van der Waals surface area contributed by atoms with Crippen LogP contribution in [0.3, 0.4) is 0 Å². The van der Waals surface area contributed by atoms with Crippen LogP contribution >= 0.6 is 0 Å². The maximum Gasteiger partial charge on any atom is 0.124 e. The van der Waals surface area contributed by atoms with Crippen molar-refractivity contribution in [1.82, 2.24) is 4.90 Å². The van der Waals surface area contributed by atoms with Gasteiger partial charge in [-0.25, -0.2) is 0 Å². The third kappa shape index (κ3) is 3.72. The number of rotatable bonds is 8. The van der Waals surface area contributed by atoms with E-state index in [1.54, 1.807) is 0 Å². The SMILES string of the molecule is CCCOc1ccccc1C(CN)N(CC)CC. The Hall–Kier alpha value is -1.06. The molecule has 0 saturated carbocycles. The van der Waals surface area contributed by atoms with Gasteiger partial charge in [0.05, 0.1) is 12.6 Å². The van der Waals surface area contributed by atoms with Gasteiger partial charge in [-0.2, -0.15) is 0 Å². The van der Waals surface area contributed by atoms with Gasteiger partial charge in [0.2, 0.25) is 0 Å². The van der Waals surface area contributed by atoms with Crippen LogP contribution in [0.25, 0.3) is 0 Å². The van der Waals surface area contributed by atoms with Gasteiger partial charge in [0, 0.05) is 12.1 Å². The Morgan fingerprint density at radius 3 is 2.39 bits per heavy atom. The van der Waals surface area contributed by atoms with Gasteiger partial charge in [0.15, 0.2) is 0 Å². The average molecular weight is 250 g/mol. The van der Waals surface area contributed by atoms with E-state index in [4.69, 9.17) is 10.5 Å². The van der Waals surface area contributed by atoms with Gasteiger partial charge in [-0.3, -0.25) is 4.90 Å². The maximum absolute atomic E-state index is 5.96. The van der Waals surface area contributed by atoms with E-state index in [2.05, 4.69) is 37.8 Å². The van der Waals surface area contributed by atoms with E-state index in [0.717, 1.165) is 31.9 Å². The largest absolute Gasteiger partial charge is 0.493 e. The van der Waals surface area contributed by atoms with E-state index in [1.165, 1.54) is 5.56 Å². The molecule has 0 aliphatic rings. The molecule has 0 spiro atoms. The summed E-state index contributed by atoms with van der Waals surface area (Å²) in [5.41, 5.74) is 7.16. The van der Waals surface area contributed by atoms with Crippen molar-refractivity contribution >= 4 is 0 Å². The molecule has 0 aliphatic carbocycles. The topological polar surface area (TPSA) is 38.5 Å². The molecule has 2 N–H and O–H groups in total. The molecule has 0 aliphatic heterocycles. The van der Waals surface area contributed by atoms with Gasteiger partial charge in [-0.15, -0.1) is 0 Å². The normalized spacial score (nSPS) is 12.7. The minimum atomic E-state index is 0.244. The zero-order chi connectivity index (χ0) is 13.4. The Morgan fingerprint density at radius 2 is 1.83 bits per heavy atom. The molecule has 0 aromatic heterocycles. The number of hydrogen-bond acceptors (Lipinski definition) is 3. The number of benzene rings is 1. The third-order valence-corrected chi connectivity index (χ3v) is 3.22. The summed E-state index contributed by atoms with van der Waals surface area (Å²) >= 11 is 0. The summed E-state index contributed by atoms with van der Waals surface area (Å²) in [4.78, 5) is 2.37. The van der Waals surface area contributed by atoms with E-state index >= 15 is 0 Å². The fourth-order valence-corrected chi connectivity index (χ4v) is 2.24. The van der Waals surface area contributed by atoms with Crippen molar-refractivity contribution in [1.29, 1.82) is 0 Å².